The molecule has 0 spiro atoms. The minimum atomic E-state index is -3.04. The molecular weight excluding hydrogens is 371 g/mol. The van der Waals surface area contributed by atoms with Gasteiger partial charge in [0.1, 0.15) is 19.8 Å². The van der Waals surface area contributed by atoms with Gasteiger partial charge in [0.15, 0.2) is 6.10 Å². The lowest BCUT2D eigenvalue weighted by Gasteiger charge is -2.42. The van der Waals surface area contributed by atoms with Crippen molar-refractivity contribution in [1.29, 1.82) is 0 Å². The molecule has 2 unspecified atom stereocenters. The Balaban J connectivity index is 1.66. The standard InChI is InChI=1S/C18H24BFNO5P/c1-3-14-15(26-27(22)23)16(17(19)24-14)25-18(2)8-10-21(11-9-18)13-7-5-4-6-12(13)20/h4-7,14-17H,3,8-11H2,1-2H3/t14-,15+,16?,17-/m1/s1. The van der Waals surface area contributed by atoms with Crippen molar-refractivity contribution in [2.24, 2.45) is 0 Å². The number of hydrogen-bond donors (Lipinski definition) is 0. The number of halogens is 1. The first-order chi connectivity index (χ1) is 12.8. The quantitative estimate of drug-likeness (QED) is 0.544. The lowest BCUT2D eigenvalue weighted by Crippen LogP contribution is -2.50. The van der Waals surface area contributed by atoms with E-state index in [1.807, 2.05) is 24.8 Å². The molecule has 2 saturated heterocycles. The van der Waals surface area contributed by atoms with Crippen molar-refractivity contribution < 1.29 is 27.8 Å². The molecule has 0 amide bonds. The van der Waals surface area contributed by atoms with Crippen LogP contribution >= 0.6 is 8.25 Å². The van der Waals surface area contributed by atoms with E-state index in [0.29, 0.717) is 38.0 Å². The van der Waals surface area contributed by atoms with E-state index in [-0.39, 0.29) is 5.82 Å². The van der Waals surface area contributed by atoms with Gasteiger partial charge in [-0.05, 0) is 42.9 Å². The van der Waals surface area contributed by atoms with Crippen LogP contribution in [0.25, 0.3) is 0 Å². The van der Waals surface area contributed by atoms with Gasteiger partial charge in [0.05, 0.1) is 17.4 Å². The number of para-hydroxylation sites is 1. The van der Waals surface area contributed by atoms with Crippen LogP contribution in [-0.2, 0) is 18.6 Å². The molecule has 146 valence electrons. The average molecular weight is 395 g/mol. The van der Waals surface area contributed by atoms with Crippen LogP contribution in [-0.4, -0.2) is 50.9 Å². The zero-order chi connectivity index (χ0) is 19.6. The molecule has 2 aliphatic rings. The number of piperidine rings is 1. The van der Waals surface area contributed by atoms with Crippen molar-refractivity contribution in [3.8, 4) is 0 Å². The van der Waals surface area contributed by atoms with Crippen molar-refractivity contribution in [1.82, 2.24) is 0 Å². The maximum atomic E-state index is 14.0. The molecule has 5 atom stereocenters. The number of ether oxygens (including phenoxy) is 2. The van der Waals surface area contributed by atoms with Gasteiger partial charge in [-0.15, -0.1) is 4.52 Å². The molecule has 2 radical (unpaired) electrons. The second kappa shape index (κ2) is 8.54. The van der Waals surface area contributed by atoms with E-state index in [1.165, 1.54) is 6.07 Å². The molecule has 0 aromatic heterocycles. The molecule has 0 aliphatic carbocycles. The summed E-state index contributed by atoms with van der Waals surface area (Å²) in [5.74, 6) is -0.244. The number of hydrogen-bond acceptors (Lipinski definition) is 6. The van der Waals surface area contributed by atoms with Crippen LogP contribution in [0.2, 0.25) is 0 Å². The van der Waals surface area contributed by atoms with Crippen LogP contribution in [0.3, 0.4) is 0 Å². The highest BCUT2D eigenvalue weighted by molar-refractivity contribution is 7.30. The summed E-state index contributed by atoms with van der Waals surface area (Å²) < 4.78 is 42.0. The molecule has 0 bridgehead atoms. The summed E-state index contributed by atoms with van der Waals surface area (Å²) in [6.07, 6.45) is 0.00863. The van der Waals surface area contributed by atoms with Gasteiger partial charge >= 0.3 is 8.25 Å². The fourth-order valence-corrected chi connectivity index (χ4v) is 4.27. The lowest BCUT2D eigenvalue weighted by molar-refractivity contribution is -0.198. The highest BCUT2D eigenvalue weighted by Crippen LogP contribution is 2.37. The van der Waals surface area contributed by atoms with Crippen LogP contribution in [0.5, 0.6) is 0 Å². The van der Waals surface area contributed by atoms with E-state index in [0.717, 1.165) is 0 Å². The highest BCUT2D eigenvalue weighted by Gasteiger charge is 2.49. The molecule has 27 heavy (non-hydrogen) atoms. The van der Waals surface area contributed by atoms with Gasteiger partial charge in [-0.2, -0.15) is 0 Å². The number of benzene rings is 1. The average Bonchev–Trinajstić information content (AvgIpc) is 2.91. The molecule has 0 N–H and O–H groups in total. The summed E-state index contributed by atoms with van der Waals surface area (Å²) in [5.41, 5.74) is 0.0580. The monoisotopic (exact) mass is 395 g/mol. The highest BCUT2D eigenvalue weighted by atomic mass is 31.1. The third-order valence-electron chi connectivity index (χ3n) is 5.39. The Morgan fingerprint density at radius 1 is 1.37 bits per heavy atom. The third kappa shape index (κ3) is 4.69. The predicted molar refractivity (Wildman–Crippen MR) is 98.3 cm³/mol. The van der Waals surface area contributed by atoms with E-state index >= 15 is 0 Å². The van der Waals surface area contributed by atoms with Crippen LogP contribution in [0, 0.1) is 5.82 Å². The molecule has 2 heterocycles. The first kappa shape index (κ1) is 20.7. The minimum absolute atomic E-state index is 0.244. The van der Waals surface area contributed by atoms with Gasteiger partial charge in [0, 0.05) is 19.1 Å². The molecular formula is C18H24BFNO5P. The van der Waals surface area contributed by atoms with Gasteiger partial charge in [-0.25, -0.2) is 4.39 Å². The Labute approximate surface area is 161 Å². The van der Waals surface area contributed by atoms with Gasteiger partial charge in [-0.1, -0.05) is 19.1 Å². The Hall–Kier alpha value is -1.05. The maximum absolute atomic E-state index is 14.0. The van der Waals surface area contributed by atoms with Crippen LogP contribution in [0.1, 0.15) is 33.1 Å². The van der Waals surface area contributed by atoms with Gasteiger partial charge < -0.3 is 19.3 Å². The first-order valence-electron chi connectivity index (χ1n) is 9.22. The fourth-order valence-electron chi connectivity index (χ4n) is 3.82. The molecule has 1 aromatic carbocycles. The summed E-state index contributed by atoms with van der Waals surface area (Å²) in [5, 5.41) is 0. The summed E-state index contributed by atoms with van der Waals surface area (Å²) in [7, 11) is 3.01. The molecule has 1 aromatic rings. The second-order valence-corrected chi connectivity index (χ2v) is 7.97. The smallest absolute Gasteiger partial charge is 0.488 e. The summed E-state index contributed by atoms with van der Waals surface area (Å²) in [6, 6.07) is 5.94. The molecule has 0 saturated carbocycles. The first-order valence-corrected chi connectivity index (χ1v) is 10.3. The van der Waals surface area contributed by atoms with Crippen molar-refractivity contribution in [2.75, 3.05) is 18.0 Å². The van der Waals surface area contributed by atoms with Gasteiger partial charge in [0.25, 0.3) is 0 Å². The molecule has 2 fully saturated rings. The van der Waals surface area contributed by atoms with E-state index in [4.69, 9.17) is 21.8 Å². The third-order valence-corrected chi connectivity index (χ3v) is 5.81. The van der Waals surface area contributed by atoms with Gasteiger partial charge in [-0.3, -0.25) is 0 Å². The van der Waals surface area contributed by atoms with Crippen molar-refractivity contribution >= 4 is 21.8 Å². The van der Waals surface area contributed by atoms with Crippen molar-refractivity contribution in [2.45, 2.75) is 63.0 Å². The molecule has 3 rings (SSSR count). The Kier molecular flexibility index (Phi) is 6.54. The summed E-state index contributed by atoms with van der Waals surface area (Å²) >= 11 is 0. The Morgan fingerprint density at radius 2 is 2.04 bits per heavy atom. The van der Waals surface area contributed by atoms with Crippen LogP contribution in [0.4, 0.5) is 10.1 Å². The van der Waals surface area contributed by atoms with Gasteiger partial charge in [0.2, 0.25) is 0 Å². The zero-order valence-electron chi connectivity index (χ0n) is 15.5. The fraction of sp³-hybridized carbons (Fsp3) is 0.667. The summed E-state index contributed by atoms with van der Waals surface area (Å²) in [4.78, 5) is 13.1. The lowest BCUT2D eigenvalue weighted by atomic mass is 9.89. The minimum Gasteiger partial charge on any atom is -0.566 e. The summed E-state index contributed by atoms with van der Waals surface area (Å²) in [6.45, 7) is 5.09. The molecule has 9 heteroatoms. The van der Waals surface area contributed by atoms with Crippen molar-refractivity contribution in [3.05, 3.63) is 30.1 Å². The van der Waals surface area contributed by atoms with E-state index in [1.54, 1.807) is 12.1 Å². The normalized spacial score (nSPS) is 31.1. The van der Waals surface area contributed by atoms with Crippen LogP contribution < -0.4 is 9.79 Å². The zero-order valence-corrected chi connectivity index (χ0v) is 16.4. The van der Waals surface area contributed by atoms with E-state index in [2.05, 4.69) is 0 Å². The van der Waals surface area contributed by atoms with E-state index < -0.39 is 38.2 Å². The topological polar surface area (TPSA) is 71.1 Å². The largest absolute Gasteiger partial charge is 0.566 e. The van der Waals surface area contributed by atoms with Crippen molar-refractivity contribution in [3.63, 3.8) is 0 Å². The van der Waals surface area contributed by atoms with E-state index in [9.17, 15) is 13.8 Å². The SMILES string of the molecule is [B][C@@H]1O[C@H](CC)[C@H](O[P+](=O)[O-])C1OC1(C)CCN(c2ccccc2F)CC1. The number of nitrogens with zero attached hydrogens (tertiary/aromatic N) is 1. The predicted octanol–water partition coefficient (Wildman–Crippen LogP) is 2.28. The second-order valence-electron chi connectivity index (χ2n) is 7.31. The maximum Gasteiger partial charge on any atom is 0.488 e. The Bertz CT molecular complexity index is 673. The molecule has 6 nitrogen and oxygen atoms in total. The molecule has 2 aliphatic heterocycles. The number of rotatable bonds is 6. The Morgan fingerprint density at radius 3 is 2.63 bits per heavy atom. The van der Waals surface area contributed by atoms with Crippen LogP contribution in [0.15, 0.2) is 24.3 Å². The number of anilines is 1.